The summed E-state index contributed by atoms with van der Waals surface area (Å²) < 4.78 is 4.85. The van der Waals surface area contributed by atoms with Crippen molar-refractivity contribution in [3.05, 3.63) is 63.2 Å². The lowest BCUT2D eigenvalue weighted by Crippen LogP contribution is -2.09. The van der Waals surface area contributed by atoms with Gasteiger partial charge in [0, 0.05) is 24.1 Å². The topological polar surface area (TPSA) is 88.5 Å². The Balaban J connectivity index is 2.00. The third kappa shape index (κ3) is 3.36. The van der Waals surface area contributed by atoms with E-state index in [1.165, 1.54) is 18.0 Å². The van der Waals surface area contributed by atoms with E-state index in [0.29, 0.717) is 27.7 Å². The lowest BCUT2D eigenvalue weighted by atomic mass is 10.1. The minimum Gasteiger partial charge on any atom is -0.328 e. The molecule has 9 heteroatoms. The Morgan fingerprint density at radius 1 is 1.18 bits per heavy atom. The number of hydrogen-bond donors (Lipinski definition) is 2. The van der Waals surface area contributed by atoms with Crippen LogP contribution in [0.4, 0.5) is 5.69 Å². The highest BCUT2D eigenvalue weighted by molar-refractivity contribution is 7.99. The highest BCUT2D eigenvalue weighted by Gasteiger charge is 2.17. The van der Waals surface area contributed by atoms with E-state index in [2.05, 4.69) is 19.8 Å². The maximum absolute atomic E-state index is 11.7. The maximum atomic E-state index is 11.7. The van der Waals surface area contributed by atoms with E-state index in [0.717, 1.165) is 22.5 Å². The smallest absolute Gasteiger partial charge is 0.249 e. The average molecular weight is 413 g/mol. The summed E-state index contributed by atoms with van der Waals surface area (Å²) in [5.74, 6) is 0.517. The predicted octanol–water partition coefficient (Wildman–Crippen LogP) is 4.13. The molecule has 0 amide bonds. The molecule has 3 heterocycles. The van der Waals surface area contributed by atoms with Crippen molar-refractivity contribution in [2.75, 3.05) is 11.0 Å². The van der Waals surface area contributed by atoms with Crippen LogP contribution in [0.15, 0.2) is 41.3 Å². The summed E-state index contributed by atoms with van der Waals surface area (Å²) in [6, 6.07) is 8.83. The summed E-state index contributed by atoms with van der Waals surface area (Å²) in [6.07, 6.45) is 3.76. The number of halogens is 1. The third-order valence-corrected chi connectivity index (χ3v) is 4.95. The second-order valence-corrected chi connectivity index (χ2v) is 7.33. The molecule has 0 bridgehead atoms. The van der Waals surface area contributed by atoms with Crippen molar-refractivity contribution in [1.82, 2.24) is 24.7 Å². The molecule has 7 nitrogen and oxygen atoms in total. The van der Waals surface area contributed by atoms with Crippen LogP contribution in [0.2, 0.25) is 5.02 Å². The summed E-state index contributed by atoms with van der Waals surface area (Å²) in [6.45, 7) is 3.88. The number of nitrogens with one attached hydrogen (secondary N) is 2. The van der Waals surface area contributed by atoms with Crippen LogP contribution in [0.5, 0.6) is 0 Å². The molecule has 1 aromatic carbocycles. The number of rotatable bonds is 4. The van der Waals surface area contributed by atoms with Gasteiger partial charge in [-0.2, -0.15) is 5.10 Å². The largest absolute Gasteiger partial charge is 0.328 e. The second-order valence-electron chi connectivity index (χ2n) is 6.31. The van der Waals surface area contributed by atoms with E-state index in [-0.39, 0.29) is 5.56 Å². The summed E-state index contributed by atoms with van der Waals surface area (Å²) in [5, 5.41) is 5.05. The van der Waals surface area contributed by atoms with Gasteiger partial charge in [-0.1, -0.05) is 23.5 Å². The summed E-state index contributed by atoms with van der Waals surface area (Å²) >= 11 is 7.99. The van der Waals surface area contributed by atoms with Crippen LogP contribution in [0.25, 0.3) is 28.2 Å². The molecule has 4 aromatic rings. The van der Waals surface area contributed by atoms with Gasteiger partial charge in [0.25, 0.3) is 0 Å². The van der Waals surface area contributed by atoms with Crippen molar-refractivity contribution in [2.24, 2.45) is 0 Å². The van der Waals surface area contributed by atoms with Gasteiger partial charge in [-0.05, 0) is 43.7 Å². The van der Waals surface area contributed by atoms with Crippen molar-refractivity contribution >= 4 is 40.4 Å². The van der Waals surface area contributed by atoms with E-state index in [9.17, 15) is 4.79 Å². The number of hydrogen-bond acceptors (Lipinski definition) is 6. The van der Waals surface area contributed by atoms with Gasteiger partial charge in [0.2, 0.25) is 5.56 Å². The molecule has 0 aliphatic rings. The van der Waals surface area contributed by atoms with Crippen molar-refractivity contribution < 1.29 is 0 Å². The molecule has 0 saturated heterocycles. The molecule has 4 rings (SSSR count). The molecule has 2 N–H and O–H groups in total. The number of aryl methyl sites for hydroxylation is 2. The molecule has 0 fully saturated rings. The third-order valence-electron chi connectivity index (χ3n) is 4.24. The highest BCUT2D eigenvalue weighted by atomic mass is 35.5. The first kappa shape index (κ1) is 18.5. The molecule has 0 atom stereocenters. The first-order valence-electron chi connectivity index (χ1n) is 8.49. The molecule has 28 heavy (non-hydrogen) atoms. The van der Waals surface area contributed by atoms with E-state index >= 15 is 0 Å². The Labute approximate surface area is 170 Å². The van der Waals surface area contributed by atoms with Gasteiger partial charge in [0.05, 0.1) is 16.4 Å². The first-order chi connectivity index (χ1) is 13.5. The SMILES string of the molecule is CSNc1c(C)cc(-c2nc3ccc(=O)[nH]c3nc2-n2ccc(C)n2)cc1Cl. The van der Waals surface area contributed by atoms with E-state index in [1.54, 1.807) is 10.7 Å². The normalized spacial score (nSPS) is 11.1. The number of anilines is 1. The minimum atomic E-state index is -0.233. The predicted molar refractivity (Wildman–Crippen MR) is 114 cm³/mol. The Hall–Kier alpha value is -2.84. The fourth-order valence-corrected chi connectivity index (χ4v) is 3.80. The van der Waals surface area contributed by atoms with Crippen LogP contribution < -0.4 is 10.3 Å². The van der Waals surface area contributed by atoms with E-state index in [4.69, 9.17) is 16.6 Å². The number of H-pyrrole nitrogens is 1. The van der Waals surface area contributed by atoms with Gasteiger partial charge < -0.3 is 9.71 Å². The fourth-order valence-electron chi connectivity index (χ4n) is 2.96. The van der Waals surface area contributed by atoms with Crippen molar-refractivity contribution in [2.45, 2.75) is 13.8 Å². The van der Waals surface area contributed by atoms with Crippen LogP contribution in [-0.2, 0) is 0 Å². The minimum absolute atomic E-state index is 0.233. The number of fused-ring (bicyclic) bond motifs is 1. The molecule has 0 spiro atoms. The number of aromatic amines is 1. The molecule has 0 aliphatic carbocycles. The second kappa shape index (κ2) is 7.29. The first-order valence-corrected chi connectivity index (χ1v) is 10.1. The van der Waals surface area contributed by atoms with Gasteiger partial charge in [-0.15, -0.1) is 0 Å². The Bertz CT molecular complexity index is 1230. The lowest BCUT2D eigenvalue weighted by Gasteiger charge is -2.14. The van der Waals surface area contributed by atoms with Crippen LogP contribution in [0, 0.1) is 13.8 Å². The molecule has 3 aromatic heterocycles. The number of aromatic nitrogens is 5. The van der Waals surface area contributed by atoms with Crippen LogP contribution in [0.3, 0.4) is 0 Å². The van der Waals surface area contributed by atoms with Crippen molar-refractivity contribution in [3.63, 3.8) is 0 Å². The zero-order valence-electron chi connectivity index (χ0n) is 15.4. The standard InChI is InChI=1S/C19H17ClN6OS/c1-10-8-12(9-13(20)16(10)25-28-3)17-19(26-7-6-11(2)24-26)23-18-14(21-17)4-5-15(27)22-18/h4-9,25H,1-3H3,(H,22,23,27). The Morgan fingerprint density at radius 3 is 2.68 bits per heavy atom. The van der Waals surface area contributed by atoms with E-state index < -0.39 is 0 Å². The van der Waals surface area contributed by atoms with Gasteiger partial charge in [-0.25, -0.2) is 14.6 Å². The molecule has 0 radical (unpaired) electrons. The summed E-state index contributed by atoms with van der Waals surface area (Å²) in [5.41, 5.74) is 4.91. The quantitative estimate of drug-likeness (QED) is 0.490. The van der Waals surface area contributed by atoms with Crippen molar-refractivity contribution in [1.29, 1.82) is 0 Å². The van der Waals surface area contributed by atoms with E-state index in [1.807, 2.05) is 44.5 Å². The zero-order valence-corrected chi connectivity index (χ0v) is 17.0. The van der Waals surface area contributed by atoms with Crippen molar-refractivity contribution in [3.8, 4) is 17.1 Å². The molecule has 142 valence electrons. The number of nitrogens with zero attached hydrogens (tertiary/aromatic N) is 4. The molecule has 0 saturated carbocycles. The summed E-state index contributed by atoms with van der Waals surface area (Å²) in [7, 11) is 0. The summed E-state index contributed by atoms with van der Waals surface area (Å²) in [4.78, 5) is 23.8. The molecule has 0 aliphatic heterocycles. The van der Waals surface area contributed by atoms with Crippen LogP contribution in [0.1, 0.15) is 11.3 Å². The van der Waals surface area contributed by atoms with Gasteiger partial charge >= 0.3 is 0 Å². The van der Waals surface area contributed by atoms with Gasteiger partial charge in [0.15, 0.2) is 11.5 Å². The number of benzene rings is 1. The molecular weight excluding hydrogens is 396 g/mol. The molecule has 0 unspecified atom stereocenters. The van der Waals surface area contributed by atoms with Crippen LogP contribution >= 0.6 is 23.5 Å². The lowest BCUT2D eigenvalue weighted by molar-refractivity contribution is 0.832. The van der Waals surface area contributed by atoms with Crippen LogP contribution in [-0.4, -0.2) is 31.0 Å². The fraction of sp³-hybridized carbons (Fsp3) is 0.158. The maximum Gasteiger partial charge on any atom is 0.249 e. The number of pyridine rings is 1. The van der Waals surface area contributed by atoms with Gasteiger partial charge in [-0.3, -0.25) is 4.79 Å². The zero-order chi connectivity index (χ0) is 19.8. The Kier molecular flexibility index (Phi) is 4.82. The Morgan fingerprint density at radius 2 is 2.00 bits per heavy atom. The monoisotopic (exact) mass is 412 g/mol. The average Bonchev–Trinajstić information content (AvgIpc) is 3.09. The molecular formula is C19H17ClN6OS. The van der Waals surface area contributed by atoms with Gasteiger partial charge in [0.1, 0.15) is 11.2 Å². The highest BCUT2D eigenvalue weighted by Crippen LogP contribution is 2.34.